The van der Waals surface area contributed by atoms with Crippen molar-refractivity contribution in [1.29, 1.82) is 0 Å². The second-order valence-electron chi connectivity index (χ2n) is 6.22. The second kappa shape index (κ2) is 5.13. The van der Waals surface area contributed by atoms with Gasteiger partial charge in [-0.25, -0.2) is 9.97 Å². The molecule has 2 rings (SSSR count). The monoisotopic (exact) mass is 233 g/mol. The number of hydrogen-bond acceptors (Lipinski definition) is 3. The summed E-state index contributed by atoms with van der Waals surface area (Å²) in [6.07, 6.45) is 7.71. The lowest BCUT2D eigenvalue weighted by molar-refractivity contribution is 0.0784. The molecular formula is C14H23N3. The van der Waals surface area contributed by atoms with E-state index in [9.17, 15) is 0 Å². The molecule has 1 fully saturated rings. The molecule has 1 aliphatic carbocycles. The van der Waals surface area contributed by atoms with Crippen molar-refractivity contribution in [3.63, 3.8) is 0 Å². The van der Waals surface area contributed by atoms with Crippen LogP contribution >= 0.6 is 0 Å². The van der Waals surface area contributed by atoms with E-state index < -0.39 is 0 Å². The van der Waals surface area contributed by atoms with Gasteiger partial charge in [0.05, 0.1) is 6.54 Å². The molecule has 0 bridgehead atoms. The zero-order valence-corrected chi connectivity index (χ0v) is 11.2. The molecule has 0 spiro atoms. The van der Waals surface area contributed by atoms with Crippen LogP contribution in [0.5, 0.6) is 0 Å². The maximum Gasteiger partial charge on any atom is 0.142 e. The lowest BCUT2D eigenvalue weighted by Gasteiger charge is -2.40. The van der Waals surface area contributed by atoms with Crippen LogP contribution in [0.2, 0.25) is 0 Å². The molecule has 17 heavy (non-hydrogen) atoms. The van der Waals surface area contributed by atoms with Gasteiger partial charge in [0.15, 0.2) is 0 Å². The molecule has 1 heterocycles. The average molecular weight is 233 g/mol. The van der Waals surface area contributed by atoms with Gasteiger partial charge in [-0.15, -0.1) is 0 Å². The lowest BCUT2D eigenvalue weighted by atomic mass is 9.88. The van der Waals surface area contributed by atoms with Crippen molar-refractivity contribution in [3.8, 4) is 0 Å². The Morgan fingerprint density at radius 1 is 1.24 bits per heavy atom. The minimum absolute atomic E-state index is 0.338. The molecule has 0 amide bonds. The van der Waals surface area contributed by atoms with E-state index in [1.165, 1.54) is 19.3 Å². The Balaban J connectivity index is 2.00. The van der Waals surface area contributed by atoms with Crippen molar-refractivity contribution in [2.24, 2.45) is 5.41 Å². The summed E-state index contributed by atoms with van der Waals surface area (Å²) in [6, 6.07) is 2.62. The van der Waals surface area contributed by atoms with Crippen LogP contribution in [0.1, 0.15) is 45.9 Å². The summed E-state index contributed by atoms with van der Waals surface area (Å²) in [5.74, 6) is 0.948. The van der Waals surface area contributed by atoms with Gasteiger partial charge in [-0.05, 0) is 24.3 Å². The first-order valence-corrected chi connectivity index (χ1v) is 6.54. The third-order valence-corrected chi connectivity index (χ3v) is 3.23. The smallest absolute Gasteiger partial charge is 0.142 e. The summed E-state index contributed by atoms with van der Waals surface area (Å²) < 4.78 is 0. The third kappa shape index (κ3) is 3.77. The Labute approximate surface area is 104 Å². The van der Waals surface area contributed by atoms with Gasteiger partial charge in [-0.1, -0.05) is 27.2 Å². The molecule has 0 radical (unpaired) electrons. The number of rotatable bonds is 4. The number of aromatic nitrogens is 2. The first-order valence-electron chi connectivity index (χ1n) is 6.54. The highest BCUT2D eigenvalue weighted by molar-refractivity contribution is 4.92. The standard InChI is InChI=1S/C14H23N3/c1-14(2,3)11-17(12-6-4-7-12)10-13-15-8-5-9-16-13/h5,8-9,12H,4,6-7,10-11H2,1-3H3. The Hall–Kier alpha value is -0.960. The summed E-state index contributed by atoms with van der Waals surface area (Å²) in [5.41, 5.74) is 0.338. The molecule has 0 aliphatic heterocycles. The average Bonchev–Trinajstić information content (AvgIpc) is 2.13. The molecule has 0 atom stereocenters. The molecule has 0 aromatic carbocycles. The zero-order chi connectivity index (χ0) is 12.3. The fourth-order valence-corrected chi connectivity index (χ4v) is 2.27. The maximum absolute atomic E-state index is 4.34. The van der Waals surface area contributed by atoms with Gasteiger partial charge in [0.2, 0.25) is 0 Å². The van der Waals surface area contributed by atoms with E-state index in [1.54, 1.807) is 0 Å². The second-order valence-corrected chi connectivity index (χ2v) is 6.22. The van der Waals surface area contributed by atoms with Crippen LogP contribution in [0.4, 0.5) is 0 Å². The number of hydrogen-bond donors (Lipinski definition) is 0. The van der Waals surface area contributed by atoms with Crippen LogP contribution in [0, 0.1) is 5.41 Å². The maximum atomic E-state index is 4.34. The van der Waals surface area contributed by atoms with Crippen LogP contribution in [0.15, 0.2) is 18.5 Å². The summed E-state index contributed by atoms with van der Waals surface area (Å²) >= 11 is 0. The molecule has 0 N–H and O–H groups in total. The molecule has 1 aromatic rings. The van der Waals surface area contributed by atoms with Crippen LogP contribution < -0.4 is 0 Å². The number of nitrogens with zero attached hydrogens (tertiary/aromatic N) is 3. The predicted molar refractivity (Wildman–Crippen MR) is 69.5 cm³/mol. The molecule has 1 aromatic heterocycles. The highest BCUT2D eigenvalue weighted by Crippen LogP contribution is 2.28. The molecule has 3 heteroatoms. The SMILES string of the molecule is CC(C)(C)CN(Cc1ncccn1)C1CCC1. The Kier molecular flexibility index (Phi) is 3.77. The third-order valence-electron chi connectivity index (χ3n) is 3.23. The van der Waals surface area contributed by atoms with Gasteiger partial charge in [-0.3, -0.25) is 4.90 Å². The van der Waals surface area contributed by atoms with Crippen LogP contribution in [0.3, 0.4) is 0 Å². The lowest BCUT2D eigenvalue weighted by Crippen LogP contribution is -2.44. The predicted octanol–water partition coefficient (Wildman–Crippen LogP) is 2.88. The Morgan fingerprint density at radius 3 is 2.35 bits per heavy atom. The van der Waals surface area contributed by atoms with Crippen molar-refractivity contribution < 1.29 is 0 Å². The van der Waals surface area contributed by atoms with Crippen molar-refractivity contribution in [1.82, 2.24) is 14.9 Å². The highest BCUT2D eigenvalue weighted by Gasteiger charge is 2.28. The van der Waals surface area contributed by atoms with E-state index in [-0.39, 0.29) is 0 Å². The van der Waals surface area contributed by atoms with Gasteiger partial charge in [0.1, 0.15) is 5.82 Å². The summed E-state index contributed by atoms with van der Waals surface area (Å²) in [5, 5.41) is 0. The van der Waals surface area contributed by atoms with Crippen molar-refractivity contribution in [2.75, 3.05) is 6.54 Å². The first kappa shape index (κ1) is 12.5. The molecule has 0 unspecified atom stereocenters. The quantitative estimate of drug-likeness (QED) is 0.800. The van der Waals surface area contributed by atoms with Crippen LogP contribution in [0.25, 0.3) is 0 Å². The molecule has 0 saturated heterocycles. The van der Waals surface area contributed by atoms with E-state index in [1.807, 2.05) is 18.5 Å². The van der Waals surface area contributed by atoms with E-state index in [0.717, 1.165) is 25.0 Å². The minimum Gasteiger partial charge on any atom is -0.292 e. The van der Waals surface area contributed by atoms with Gasteiger partial charge >= 0.3 is 0 Å². The first-order chi connectivity index (χ1) is 8.04. The fraction of sp³-hybridized carbons (Fsp3) is 0.714. The molecule has 1 saturated carbocycles. The molecule has 3 nitrogen and oxygen atoms in total. The summed E-state index contributed by atoms with van der Waals surface area (Å²) in [4.78, 5) is 11.2. The van der Waals surface area contributed by atoms with E-state index >= 15 is 0 Å². The van der Waals surface area contributed by atoms with Gasteiger partial charge in [-0.2, -0.15) is 0 Å². The van der Waals surface area contributed by atoms with Crippen molar-refractivity contribution in [3.05, 3.63) is 24.3 Å². The van der Waals surface area contributed by atoms with Crippen LogP contribution in [-0.4, -0.2) is 27.5 Å². The summed E-state index contributed by atoms with van der Waals surface area (Å²) in [6.45, 7) is 8.90. The van der Waals surface area contributed by atoms with Gasteiger partial charge in [0.25, 0.3) is 0 Å². The topological polar surface area (TPSA) is 29.0 Å². The van der Waals surface area contributed by atoms with Gasteiger partial charge < -0.3 is 0 Å². The van der Waals surface area contributed by atoms with E-state index in [0.29, 0.717) is 5.41 Å². The van der Waals surface area contributed by atoms with E-state index in [2.05, 4.69) is 35.6 Å². The minimum atomic E-state index is 0.338. The fourth-order valence-electron chi connectivity index (χ4n) is 2.27. The Bertz CT molecular complexity index is 338. The largest absolute Gasteiger partial charge is 0.292 e. The normalized spacial score (nSPS) is 17.2. The molecule has 1 aliphatic rings. The zero-order valence-electron chi connectivity index (χ0n) is 11.2. The van der Waals surface area contributed by atoms with E-state index in [4.69, 9.17) is 0 Å². The molecular weight excluding hydrogens is 210 g/mol. The van der Waals surface area contributed by atoms with Crippen molar-refractivity contribution >= 4 is 0 Å². The highest BCUT2D eigenvalue weighted by atomic mass is 15.2. The summed E-state index contributed by atoms with van der Waals surface area (Å²) in [7, 11) is 0. The van der Waals surface area contributed by atoms with Crippen LogP contribution in [-0.2, 0) is 6.54 Å². The van der Waals surface area contributed by atoms with Crippen molar-refractivity contribution in [2.45, 2.75) is 52.6 Å². The Morgan fingerprint density at radius 2 is 1.88 bits per heavy atom. The van der Waals surface area contributed by atoms with Gasteiger partial charge in [0, 0.05) is 25.0 Å². The molecule has 94 valence electrons.